The third-order valence-electron chi connectivity index (χ3n) is 7.35. The third kappa shape index (κ3) is 4.00. The number of rotatable bonds is 5. The summed E-state index contributed by atoms with van der Waals surface area (Å²) in [5.41, 5.74) is 2.34. The van der Waals surface area contributed by atoms with E-state index in [0.717, 1.165) is 25.1 Å². The second-order valence-electron chi connectivity index (χ2n) is 10.0. The molecule has 34 heavy (non-hydrogen) atoms. The molecule has 2 aliphatic rings. The lowest BCUT2D eigenvalue weighted by atomic mass is 9.81. The Balaban J connectivity index is 1.51. The van der Waals surface area contributed by atoms with E-state index in [1.54, 1.807) is 4.68 Å². The molecule has 9 heteroatoms. The van der Waals surface area contributed by atoms with E-state index in [-0.39, 0.29) is 30.2 Å². The maximum absolute atomic E-state index is 13.5. The van der Waals surface area contributed by atoms with Crippen LogP contribution in [0, 0.1) is 12.8 Å². The molecule has 1 amide bonds. The number of aromatic nitrogens is 3. The largest absolute Gasteiger partial charge is 0.336 e. The Hall–Kier alpha value is -2.81. The first-order chi connectivity index (χ1) is 16.2. The van der Waals surface area contributed by atoms with Crippen molar-refractivity contribution in [1.29, 1.82) is 0 Å². The second-order valence-corrected chi connectivity index (χ2v) is 10.0. The molecule has 7 nitrogen and oxygen atoms in total. The van der Waals surface area contributed by atoms with Crippen LogP contribution in [-0.2, 0) is 6.54 Å². The first kappa shape index (κ1) is 23.0. The highest BCUT2D eigenvalue weighted by molar-refractivity contribution is 6.07. The Bertz CT molecular complexity index is 1310. The van der Waals surface area contributed by atoms with Gasteiger partial charge in [0.05, 0.1) is 22.6 Å². The number of amides is 1. The Morgan fingerprint density at radius 2 is 2.00 bits per heavy atom. The molecule has 5 rings (SSSR count). The molecule has 1 N–H and O–H groups in total. The number of aryl methyl sites for hydroxylation is 1. The van der Waals surface area contributed by atoms with Gasteiger partial charge in [-0.25, -0.2) is 8.78 Å². The van der Waals surface area contributed by atoms with Crippen molar-refractivity contribution in [1.82, 2.24) is 24.6 Å². The predicted octanol–water partition coefficient (Wildman–Crippen LogP) is 3.79. The highest BCUT2D eigenvalue weighted by Gasteiger charge is 2.45. The summed E-state index contributed by atoms with van der Waals surface area (Å²) in [5, 5.41) is 5.47. The summed E-state index contributed by atoms with van der Waals surface area (Å²) in [5.74, 6) is -2.81. The zero-order valence-corrected chi connectivity index (χ0v) is 19.9. The van der Waals surface area contributed by atoms with Gasteiger partial charge in [0, 0.05) is 56.0 Å². The number of nitrogens with one attached hydrogen (secondary N) is 1. The number of hydrogen-bond acceptors (Lipinski definition) is 4. The summed E-state index contributed by atoms with van der Waals surface area (Å²) in [6, 6.07) is 3.96. The molecule has 1 saturated heterocycles. The van der Waals surface area contributed by atoms with E-state index < -0.39 is 5.92 Å². The molecular weight excluding hydrogens is 440 g/mol. The molecule has 1 aliphatic heterocycles. The average Bonchev–Trinajstić information content (AvgIpc) is 3.18. The molecule has 0 spiro atoms. The normalized spacial score (nSPS) is 21.3. The molecule has 2 fully saturated rings. The number of nitrogens with zero attached hydrogens (tertiary/aromatic N) is 4. The molecule has 3 aromatic rings. The van der Waals surface area contributed by atoms with Crippen LogP contribution in [0.5, 0.6) is 0 Å². The number of piperazine rings is 1. The number of hydrogen-bond donors (Lipinski definition) is 1. The van der Waals surface area contributed by atoms with Gasteiger partial charge in [0.25, 0.3) is 11.5 Å². The Labute approximate surface area is 196 Å². The van der Waals surface area contributed by atoms with Crippen molar-refractivity contribution in [3.05, 3.63) is 39.8 Å². The lowest BCUT2D eigenvalue weighted by Crippen LogP contribution is -2.53. The van der Waals surface area contributed by atoms with Crippen molar-refractivity contribution in [2.24, 2.45) is 5.92 Å². The molecule has 1 aliphatic carbocycles. The van der Waals surface area contributed by atoms with Crippen molar-refractivity contribution in [3.63, 3.8) is 0 Å². The number of pyridine rings is 1. The van der Waals surface area contributed by atoms with E-state index >= 15 is 0 Å². The quantitative estimate of drug-likeness (QED) is 0.615. The third-order valence-corrected chi connectivity index (χ3v) is 7.35. The number of halogens is 2. The van der Waals surface area contributed by atoms with Gasteiger partial charge in [-0.15, -0.1) is 0 Å². The molecule has 0 radical (unpaired) electrons. The van der Waals surface area contributed by atoms with Gasteiger partial charge in [-0.1, -0.05) is 6.92 Å². The van der Waals surface area contributed by atoms with Crippen LogP contribution in [0.2, 0.25) is 0 Å². The van der Waals surface area contributed by atoms with Gasteiger partial charge < -0.3 is 9.88 Å². The highest BCUT2D eigenvalue weighted by Crippen LogP contribution is 2.43. The number of carbonyl (C=O) groups excluding carboxylic acids is 1. The first-order valence-electron chi connectivity index (χ1n) is 12.1. The van der Waals surface area contributed by atoms with Crippen molar-refractivity contribution < 1.29 is 13.6 Å². The van der Waals surface area contributed by atoms with E-state index in [2.05, 4.69) is 28.8 Å². The van der Waals surface area contributed by atoms with Crippen molar-refractivity contribution in [2.45, 2.75) is 58.5 Å². The number of benzene rings is 1. The maximum Gasteiger partial charge on any atom is 0.259 e. The van der Waals surface area contributed by atoms with E-state index in [1.807, 2.05) is 24.0 Å². The van der Waals surface area contributed by atoms with Gasteiger partial charge in [0.15, 0.2) is 0 Å². The molecule has 3 heterocycles. The minimum Gasteiger partial charge on any atom is -0.336 e. The van der Waals surface area contributed by atoms with Crippen LogP contribution >= 0.6 is 0 Å². The van der Waals surface area contributed by atoms with E-state index in [9.17, 15) is 18.4 Å². The van der Waals surface area contributed by atoms with Crippen LogP contribution in [0.1, 0.15) is 49.0 Å². The number of aromatic amines is 1. The van der Waals surface area contributed by atoms with Crippen LogP contribution in [0.25, 0.3) is 21.8 Å². The number of alkyl halides is 2. The number of H-pyrrole nitrogens is 1. The van der Waals surface area contributed by atoms with Crippen LogP contribution in [0.3, 0.4) is 0 Å². The zero-order valence-electron chi connectivity index (χ0n) is 19.9. The Morgan fingerprint density at radius 1 is 1.24 bits per heavy atom. The minimum absolute atomic E-state index is 0.0218. The number of carbonyl (C=O) groups is 1. The average molecular weight is 472 g/mol. The van der Waals surface area contributed by atoms with Crippen LogP contribution in [0.4, 0.5) is 8.78 Å². The van der Waals surface area contributed by atoms with Gasteiger partial charge in [-0.2, -0.15) is 5.10 Å². The van der Waals surface area contributed by atoms with E-state index in [0.29, 0.717) is 53.0 Å². The fraction of sp³-hybridized carbons (Fsp3) is 0.560. The van der Waals surface area contributed by atoms with Crippen molar-refractivity contribution >= 4 is 27.7 Å². The predicted molar refractivity (Wildman–Crippen MR) is 127 cm³/mol. The van der Waals surface area contributed by atoms with E-state index in [4.69, 9.17) is 0 Å². The molecule has 1 aromatic carbocycles. The monoisotopic (exact) mass is 471 g/mol. The van der Waals surface area contributed by atoms with Crippen LogP contribution in [0.15, 0.2) is 23.1 Å². The topological polar surface area (TPSA) is 74.2 Å². The molecular formula is C25H31F2N5O2. The fourth-order valence-corrected chi connectivity index (χ4v) is 5.53. The second kappa shape index (κ2) is 8.45. The molecule has 0 bridgehead atoms. The zero-order chi connectivity index (χ0) is 24.2. The molecule has 0 unspecified atom stereocenters. The van der Waals surface area contributed by atoms with Crippen molar-refractivity contribution in [2.75, 3.05) is 26.2 Å². The fourth-order valence-electron chi connectivity index (χ4n) is 5.53. The summed E-state index contributed by atoms with van der Waals surface area (Å²) in [7, 11) is 0. The van der Waals surface area contributed by atoms with Crippen LogP contribution < -0.4 is 5.56 Å². The summed E-state index contributed by atoms with van der Waals surface area (Å²) in [6.07, 6.45) is 2.24. The van der Waals surface area contributed by atoms with Gasteiger partial charge in [-0.3, -0.25) is 19.2 Å². The number of fused-ring (bicyclic) bond motifs is 3. The highest BCUT2D eigenvalue weighted by atomic mass is 19.3. The summed E-state index contributed by atoms with van der Waals surface area (Å²) in [4.78, 5) is 33.4. The molecule has 1 saturated carbocycles. The molecule has 1 atom stereocenters. The first-order valence-corrected chi connectivity index (χ1v) is 12.1. The standard InChI is InChI=1S/C25H31F2N5O2/c1-4-5-30-6-7-31(13-16(30)3)24(34)18-9-19-21(8-15(18)2)29-23(33)20-12-28-32(22(19)20)14-17-10-25(26,27)11-17/h8-9,12,16-17H,4-7,10-11,13-14H2,1-3H3,(H,29,33)/t16-/m0/s1. The van der Waals surface area contributed by atoms with Crippen molar-refractivity contribution in [3.8, 4) is 0 Å². The van der Waals surface area contributed by atoms with Crippen LogP contribution in [-0.4, -0.2) is 68.6 Å². The summed E-state index contributed by atoms with van der Waals surface area (Å²) < 4.78 is 28.4. The SMILES string of the molecule is CCCN1CCN(C(=O)c2cc3c(cc2C)[nH]c(=O)c2cnn(CC4CC(F)(F)C4)c23)C[C@@H]1C. The molecule has 182 valence electrons. The maximum atomic E-state index is 13.5. The Kier molecular flexibility index (Phi) is 5.70. The minimum atomic E-state index is -2.61. The lowest BCUT2D eigenvalue weighted by Gasteiger charge is -2.40. The van der Waals surface area contributed by atoms with Gasteiger partial charge in [-0.05, 0) is 50.4 Å². The van der Waals surface area contributed by atoms with E-state index in [1.165, 1.54) is 6.20 Å². The van der Waals surface area contributed by atoms with Gasteiger partial charge in [0.2, 0.25) is 5.92 Å². The molecule has 2 aromatic heterocycles. The summed E-state index contributed by atoms with van der Waals surface area (Å²) in [6.45, 7) is 9.74. The lowest BCUT2D eigenvalue weighted by molar-refractivity contribution is -0.114. The van der Waals surface area contributed by atoms with Gasteiger partial charge >= 0.3 is 0 Å². The smallest absolute Gasteiger partial charge is 0.259 e. The summed E-state index contributed by atoms with van der Waals surface area (Å²) >= 11 is 0. The Morgan fingerprint density at radius 3 is 2.68 bits per heavy atom. The van der Waals surface area contributed by atoms with Gasteiger partial charge in [0.1, 0.15) is 0 Å².